The number of pyridine rings is 1. The Morgan fingerprint density at radius 1 is 1.58 bits per heavy atom. The van der Waals surface area contributed by atoms with Gasteiger partial charge in [-0.25, -0.2) is 0 Å². The molecule has 0 unspecified atom stereocenters. The summed E-state index contributed by atoms with van der Waals surface area (Å²) in [6, 6.07) is 1.61. The van der Waals surface area contributed by atoms with Gasteiger partial charge in [0.1, 0.15) is 7.85 Å². The van der Waals surface area contributed by atoms with Gasteiger partial charge in [-0.15, -0.1) is 5.46 Å². The van der Waals surface area contributed by atoms with Crippen LogP contribution in [0.4, 0.5) is 5.82 Å². The summed E-state index contributed by atoms with van der Waals surface area (Å²) >= 11 is 0. The van der Waals surface area contributed by atoms with Crippen LogP contribution >= 0.6 is 0 Å². The SMILES string of the molecule is [B]c1cnc2c(c1)C(=O)C[N-]2.[Es]. The smallest absolute Gasteiger partial charge is 0.161 e. The van der Waals surface area contributed by atoms with E-state index in [1.807, 2.05) is 0 Å². The summed E-state index contributed by atoms with van der Waals surface area (Å²) in [4.78, 5) is 14.9. The van der Waals surface area contributed by atoms with Crippen molar-refractivity contribution in [2.45, 2.75) is 0 Å². The predicted molar refractivity (Wildman–Crippen MR) is 41.8 cm³/mol. The van der Waals surface area contributed by atoms with Crippen molar-refractivity contribution in [1.82, 2.24) is 4.98 Å². The molecule has 0 amide bonds. The van der Waals surface area contributed by atoms with E-state index in [-0.39, 0.29) is 12.3 Å². The third kappa shape index (κ3) is 0.886. The van der Waals surface area contributed by atoms with Crippen LogP contribution < -0.4 is 5.46 Å². The van der Waals surface area contributed by atoms with Crippen LogP contribution in [0.25, 0.3) is 5.32 Å². The molecule has 0 saturated carbocycles. The van der Waals surface area contributed by atoms with E-state index in [0.29, 0.717) is 16.8 Å². The molecule has 12 heavy (non-hydrogen) atoms. The molecule has 0 spiro atoms. The molecular formula is C7H4BEsN2O-. The topological polar surface area (TPSA) is 44.1 Å². The Bertz CT molecular complexity index is 329. The Kier molecular flexibility index (Phi) is 1.54. The molecule has 2 heterocycles. The van der Waals surface area contributed by atoms with Crippen LogP contribution in [-0.2, 0) is 0 Å². The Hall–Kier alpha value is -2.32. The summed E-state index contributed by atoms with van der Waals surface area (Å²) < 4.78 is 0. The number of Topliss-reactive ketones (excluding diaryl/α,β-unsaturated/α-hetero) is 1. The van der Waals surface area contributed by atoms with Crippen molar-refractivity contribution >= 4 is 24.9 Å². The standard InChI is InChI=1S/C7H5BN2O.Es/c8-4-1-5-6(11)3-10-7(5)9-2-4;/h1-2H,3H2,(H,9,10,11);/p-1. The molecule has 3 nitrogen and oxygen atoms in total. The molecule has 0 bridgehead atoms. The average molecular weight is 395 g/mol. The van der Waals surface area contributed by atoms with Crippen LogP contribution in [0.1, 0.15) is 10.4 Å². The fourth-order valence-corrected chi connectivity index (χ4v) is 1.04. The van der Waals surface area contributed by atoms with Gasteiger partial charge >= 0.3 is 0 Å². The van der Waals surface area contributed by atoms with Gasteiger partial charge in [0.25, 0.3) is 0 Å². The molecule has 5 heteroatoms. The maximum Gasteiger partial charge on any atom is 0.161 e. The Morgan fingerprint density at radius 2 is 2.33 bits per heavy atom. The van der Waals surface area contributed by atoms with Crippen molar-refractivity contribution in [2.24, 2.45) is 0 Å². The molecule has 0 atom stereocenters. The van der Waals surface area contributed by atoms with E-state index in [1.165, 1.54) is 6.20 Å². The van der Waals surface area contributed by atoms with Crippen LogP contribution in [-0.4, -0.2) is 25.2 Å². The van der Waals surface area contributed by atoms with Crippen LogP contribution in [0.5, 0.6) is 0 Å². The van der Waals surface area contributed by atoms with Crippen molar-refractivity contribution in [2.75, 3.05) is 6.54 Å². The van der Waals surface area contributed by atoms with E-state index in [1.54, 1.807) is 6.07 Å². The van der Waals surface area contributed by atoms with E-state index >= 15 is 0 Å². The number of carbonyl (C=O) groups is 1. The number of aromatic nitrogens is 1. The monoisotopic (exact) mass is 395 g/mol. The second-order valence-electron chi connectivity index (χ2n) is 2.38. The van der Waals surface area contributed by atoms with E-state index < -0.39 is 0 Å². The molecule has 0 N–H and O–H groups in total. The quantitative estimate of drug-likeness (QED) is 0.585. The van der Waals surface area contributed by atoms with Crippen molar-refractivity contribution < 1.29 is 4.79 Å². The van der Waals surface area contributed by atoms with Crippen molar-refractivity contribution in [3.05, 3.63) is 23.1 Å². The number of rotatable bonds is 0. The van der Waals surface area contributed by atoms with Crippen molar-refractivity contribution in [3.63, 3.8) is 0 Å². The van der Waals surface area contributed by atoms with Gasteiger partial charge in [-0.3, -0.25) is 4.79 Å². The first kappa shape index (κ1) is 7.79. The fourth-order valence-electron chi connectivity index (χ4n) is 1.04. The molecule has 1 aromatic rings. The average Bonchev–Trinajstić information content (AvgIpc) is 2.33. The van der Waals surface area contributed by atoms with Gasteiger partial charge in [-0.2, -0.15) is 0 Å². The summed E-state index contributed by atoms with van der Waals surface area (Å²) in [6.45, 7) is 0.214. The first-order valence-electron chi connectivity index (χ1n) is 3.23. The molecule has 3 radical (unpaired) electrons. The summed E-state index contributed by atoms with van der Waals surface area (Å²) in [5.74, 6) is 0.518. The zero-order valence-electron chi connectivity index (χ0n) is 6.04. The predicted octanol–water partition coefficient (Wildman–Crippen LogP) is 0.0769. The summed E-state index contributed by atoms with van der Waals surface area (Å²) in [6.07, 6.45) is 1.50. The third-order valence-corrected chi connectivity index (χ3v) is 1.56. The van der Waals surface area contributed by atoms with Gasteiger partial charge in [0, 0.05) is 12.1 Å². The number of ketones is 1. The molecule has 1 aromatic heterocycles. The third-order valence-electron chi connectivity index (χ3n) is 1.56. The molecular weight excluding hydrogens is 391 g/mol. The van der Waals surface area contributed by atoms with Crippen LogP contribution in [0, 0.1) is 0 Å². The van der Waals surface area contributed by atoms with Gasteiger partial charge in [-0.1, -0.05) is 18.1 Å². The molecule has 1 aliphatic rings. The number of carbonyl (C=O) groups excluding carboxylic acids is 1. The van der Waals surface area contributed by atoms with Gasteiger partial charge in [-0.05, 0) is 0 Å². The molecule has 1 aliphatic heterocycles. The molecule has 0 aliphatic carbocycles. The van der Waals surface area contributed by atoms with Gasteiger partial charge in [0.05, 0.1) is 0 Å². The second kappa shape index (κ2) is 2.38. The molecule has 0 fully saturated rings. The number of fused-ring (bicyclic) bond motifs is 1. The van der Waals surface area contributed by atoms with Gasteiger partial charge < -0.3 is 10.3 Å². The maximum atomic E-state index is 11.0. The van der Waals surface area contributed by atoms with Crippen LogP contribution in [0.15, 0.2) is 12.3 Å². The number of nitrogens with zero attached hydrogens (tertiary/aromatic N) is 2. The molecule has 2 rings (SSSR count). The largest absolute Gasteiger partial charge is 0.457 e. The van der Waals surface area contributed by atoms with E-state index in [0.717, 1.165) is 0 Å². The molecule has 0 saturated heterocycles. The molecule has 0 aromatic carbocycles. The fraction of sp³-hybridized carbons (Fsp3) is 0.143. The first-order valence-corrected chi connectivity index (χ1v) is 3.23. The zero-order chi connectivity index (χ0) is 7.84. The Balaban J connectivity index is 0.000000720. The minimum absolute atomic E-state index is 0. The van der Waals surface area contributed by atoms with Crippen LogP contribution in [0.2, 0.25) is 0 Å². The van der Waals surface area contributed by atoms with Crippen LogP contribution in [0.3, 0.4) is 0 Å². The summed E-state index contributed by atoms with van der Waals surface area (Å²) in [5.41, 5.74) is 1.05. The van der Waals surface area contributed by atoms with Gasteiger partial charge in [0.2, 0.25) is 0 Å². The zero-order valence-corrected chi connectivity index (χ0v) is 8.55. The first-order chi connectivity index (χ1) is 5.27. The van der Waals surface area contributed by atoms with Crippen molar-refractivity contribution in [1.29, 1.82) is 0 Å². The Morgan fingerprint density at radius 3 is 3.08 bits per heavy atom. The molecule has 63 valence electrons. The summed E-state index contributed by atoms with van der Waals surface area (Å²) in [5, 5.41) is 3.91. The van der Waals surface area contributed by atoms with E-state index in [4.69, 9.17) is 7.85 Å². The van der Waals surface area contributed by atoms with E-state index in [9.17, 15) is 4.79 Å². The minimum Gasteiger partial charge on any atom is -0.457 e. The minimum atomic E-state index is -0.000185. The van der Waals surface area contributed by atoms with Gasteiger partial charge in [0.15, 0.2) is 5.78 Å². The Labute approximate surface area is 65.2 Å². The van der Waals surface area contributed by atoms with E-state index in [2.05, 4.69) is 10.3 Å². The second-order valence-corrected chi connectivity index (χ2v) is 2.38. The maximum absolute atomic E-state index is 11.0. The number of hydrogen-bond acceptors (Lipinski definition) is 2. The number of hydrogen-bond donors (Lipinski definition) is 0. The van der Waals surface area contributed by atoms with Crippen molar-refractivity contribution in [3.8, 4) is 0 Å². The normalized spacial score (nSPS) is 13.2. The summed E-state index contributed by atoms with van der Waals surface area (Å²) in [7, 11) is 5.44.